The summed E-state index contributed by atoms with van der Waals surface area (Å²) in [5, 5.41) is 0.518. The van der Waals surface area contributed by atoms with Crippen molar-refractivity contribution < 1.29 is 0 Å². The highest BCUT2D eigenvalue weighted by Gasteiger charge is 2.13. The molecule has 0 spiro atoms. The second kappa shape index (κ2) is 6.72. The van der Waals surface area contributed by atoms with Crippen LogP contribution in [0.5, 0.6) is 0 Å². The molecule has 2 heterocycles. The lowest BCUT2D eigenvalue weighted by Gasteiger charge is -2.01. The van der Waals surface area contributed by atoms with Gasteiger partial charge in [0.1, 0.15) is 11.3 Å². The molecule has 0 amide bonds. The van der Waals surface area contributed by atoms with Crippen molar-refractivity contribution >= 4 is 22.6 Å². The van der Waals surface area contributed by atoms with Gasteiger partial charge >= 0.3 is 0 Å². The van der Waals surface area contributed by atoms with Crippen molar-refractivity contribution in [3.8, 4) is 0 Å². The fourth-order valence-corrected chi connectivity index (χ4v) is 2.72. The highest BCUT2D eigenvalue weighted by molar-refractivity contribution is 6.33. The Balaban J connectivity index is 0.000000774. The SMILES string of the molecule is CC.Cc1nc(Cl)c2c(n1)c(Cc1ccccc1)cn2C. The van der Waals surface area contributed by atoms with Crippen LogP contribution in [0.2, 0.25) is 5.15 Å². The first-order chi connectivity index (χ1) is 10.1. The molecular formula is C17H20ClN3. The molecule has 0 unspecified atom stereocenters. The van der Waals surface area contributed by atoms with Crippen molar-refractivity contribution in [1.82, 2.24) is 14.5 Å². The molecule has 4 heteroatoms. The van der Waals surface area contributed by atoms with E-state index in [1.165, 1.54) is 11.1 Å². The molecule has 0 aliphatic heterocycles. The van der Waals surface area contributed by atoms with Gasteiger partial charge in [-0.05, 0) is 12.5 Å². The monoisotopic (exact) mass is 301 g/mol. The van der Waals surface area contributed by atoms with Gasteiger partial charge in [-0.25, -0.2) is 9.97 Å². The minimum absolute atomic E-state index is 0.518. The van der Waals surface area contributed by atoms with E-state index in [0.29, 0.717) is 11.0 Å². The van der Waals surface area contributed by atoms with Crippen LogP contribution in [0.15, 0.2) is 36.5 Å². The molecule has 0 aliphatic carbocycles. The molecule has 0 fully saturated rings. The summed E-state index contributed by atoms with van der Waals surface area (Å²) in [7, 11) is 1.97. The van der Waals surface area contributed by atoms with Gasteiger partial charge in [0.15, 0.2) is 5.15 Å². The van der Waals surface area contributed by atoms with Crippen molar-refractivity contribution in [3.63, 3.8) is 0 Å². The van der Waals surface area contributed by atoms with Crippen LogP contribution in [-0.2, 0) is 13.5 Å². The van der Waals surface area contributed by atoms with E-state index in [2.05, 4.69) is 28.3 Å². The Morgan fingerprint density at radius 2 is 1.76 bits per heavy atom. The van der Waals surface area contributed by atoms with Crippen LogP contribution in [0.4, 0.5) is 0 Å². The van der Waals surface area contributed by atoms with Gasteiger partial charge < -0.3 is 4.57 Å². The summed E-state index contributed by atoms with van der Waals surface area (Å²) in [6.07, 6.45) is 2.93. The highest BCUT2D eigenvalue weighted by atomic mass is 35.5. The summed E-state index contributed by atoms with van der Waals surface area (Å²) in [5.41, 5.74) is 4.29. The third-order valence-electron chi connectivity index (χ3n) is 3.20. The number of hydrogen-bond donors (Lipinski definition) is 0. The molecule has 0 N–H and O–H groups in total. The molecule has 0 saturated heterocycles. The predicted octanol–water partition coefficient (Wildman–Crippen LogP) is 4.55. The molecule has 0 atom stereocenters. The van der Waals surface area contributed by atoms with Gasteiger partial charge in [0.25, 0.3) is 0 Å². The van der Waals surface area contributed by atoms with E-state index in [0.717, 1.165) is 17.5 Å². The van der Waals surface area contributed by atoms with Crippen LogP contribution in [-0.4, -0.2) is 14.5 Å². The number of benzene rings is 1. The third kappa shape index (κ3) is 3.24. The number of aromatic nitrogens is 3. The van der Waals surface area contributed by atoms with E-state index in [4.69, 9.17) is 11.6 Å². The van der Waals surface area contributed by atoms with Gasteiger partial charge in [0.2, 0.25) is 0 Å². The first kappa shape index (κ1) is 15.5. The van der Waals surface area contributed by atoms with Crippen LogP contribution >= 0.6 is 11.6 Å². The molecule has 3 rings (SSSR count). The van der Waals surface area contributed by atoms with Crippen LogP contribution < -0.4 is 0 Å². The van der Waals surface area contributed by atoms with Gasteiger partial charge in [0, 0.05) is 25.2 Å². The molecule has 0 aliphatic rings. The summed E-state index contributed by atoms with van der Waals surface area (Å²) >= 11 is 6.21. The standard InChI is InChI=1S/C15H14ClN3.C2H6/c1-10-17-13-12(8-11-6-4-3-5-7-11)9-19(2)14(13)15(16)18-10;1-2/h3-7,9H,8H2,1-2H3;1-2H3. The van der Waals surface area contributed by atoms with Gasteiger partial charge in [-0.3, -0.25) is 0 Å². The maximum Gasteiger partial charge on any atom is 0.157 e. The lowest BCUT2D eigenvalue weighted by Crippen LogP contribution is -1.93. The Kier molecular flexibility index (Phi) is 4.97. The predicted molar refractivity (Wildman–Crippen MR) is 88.9 cm³/mol. The summed E-state index contributed by atoms with van der Waals surface area (Å²) in [5.74, 6) is 0.706. The van der Waals surface area contributed by atoms with E-state index in [9.17, 15) is 0 Å². The van der Waals surface area contributed by atoms with Crippen molar-refractivity contribution in [2.24, 2.45) is 7.05 Å². The second-order valence-corrected chi connectivity index (χ2v) is 5.04. The topological polar surface area (TPSA) is 30.7 Å². The van der Waals surface area contributed by atoms with E-state index in [1.807, 2.05) is 50.6 Å². The molecule has 3 nitrogen and oxygen atoms in total. The first-order valence-corrected chi connectivity index (χ1v) is 7.55. The van der Waals surface area contributed by atoms with Crippen LogP contribution in [0.3, 0.4) is 0 Å². The molecule has 110 valence electrons. The number of halogens is 1. The first-order valence-electron chi connectivity index (χ1n) is 7.17. The largest absolute Gasteiger partial charge is 0.346 e. The number of aryl methyl sites for hydroxylation is 2. The zero-order chi connectivity index (χ0) is 15.4. The zero-order valence-electron chi connectivity index (χ0n) is 12.9. The summed E-state index contributed by atoms with van der Waals surface area (Å²) in [6.45, 7) is 5.87. The lowest BCUT2D eigenvalue weighted by atomic mass is 10.1. The van der Waals surface area contributed by atoms with E-state index >= 15 is 0 Å². The number of rotatable bonds is 2. The fraction of sp³-hybridized carbons (Fsp3) is 0.294. The van der Waals surface area contributed by atoms with E-state index in [-0.39, 0.29) is 0 Å². The molecule has 1 aromatic carbocycles. The quantitative estimate of drug-likeness (QED) is 0.650. The molecule has 0 saturated carbocycles. The third-order valence-corrected chi connectivity index (χ3v) is 3.46. The van der Waals surface area contributed by atoms with E-state index in [1.54, 1.807) is 0 Å². The Bertz CT molecular complexity index is 733. The normalized spacial score (nSPS) is 10.3. The smallest absolute Gasteiger partial charge is 0.157 e. The van der Waals surface area contributed by atoms with Crippen LogP contribution in [0, 0.1) is 6.92 Å². The number of fused-ring (bicyclic) bond motifs is 1. The average Bonchev–Trinajstić information content (AvgIpc) is 2.78. The Morgan fingerprint density at radius 1 is 1.10 bits per heavy atom. The highest BCUT2D eigenvalue weighted by Crippen LogP contribution is 2.26. The van der Waals surface area contributed by atoms with Gasteiger partial charge in [-0.1, -0.05) is 55.8 Å². The molecule has 2 aromatic heterocycles. The summed E-state index contributed by atoms with van der Waals surface area (Å²) in [4.78, 5) is 8.75. The summed E-state index contributed by atoms with van der Waals surface area (Å²) in [6, 6.07) is 10.4. The van der Waals surface area contributed by atoms with Crippen molar-refractivity contribution in [1.29, 1.82) is 0 Å². The lowest BCUT2D eigenvalue weighted by molar-refractivity contribution is 0.951. The fourth-order valence-electron chi connectivity index (χ4n) is 2.37. The second-order valence-electron chi connectivity index (χ2n) is 4.69. The number of nitrogens with zero attached hydrogens (tertiary/aromatic N) is 3. The minimum Gasteiger partial charge on any atom is -0.346 e. The van der Waals surface area contributed by atoms with Gasteiger partial charge in [-0.2, -0.15) is 0 Å². The van der Waals surface area contributed by atoms with E-state index < -0.39 is 0 Å². The molecule has 21 heavy (non-hydrogen) atoms. The van der Waals surface area contributed by atoms with Crippen LogP contribution in [0.1, 0.15) is 30.8 Å². The molecule has 0 bridgehead atoms. The average molecular weight is 302 g/mol. The maximum atomic E-state index is 6.21. The molecule has 0 radical (unpaired) electrons. The Labute approximate surface area is 130 Å². The van der Waals surface area contributed by atoms with Crippen molar-refractivity contribution in [2.75, 3.05) is 0 Å². The zero-order valence-corrected chi connectivity index (χ0v) is 13.6. The maximum absolute atomic E-state index is 6.21. The van der Waals surface area contributed by atoms with Crippen molar-refractivity contribution in [2.45, 2.75) is 27.2 Å². The van der Waals surface area contributed by atoms with Crippen molar-refractivity contribution in [3.05, 3.63) is 58.6 Å². The number of hydrogen-bond acceptors (Lipinski definition) is 2. The Hall–Kier alpha value is -1.87. The molecular weight excluding hydrogens is 282 g/mol. The molecule has 3 aromatic rings. The minimum atomic E-state index is 0.518. The van der Waals surface area contributed by atoms with Gasteiger partial charge in [0.05, 0.1) is 5.52 Å². The van der Waals surface area contributed by atoms with Crippen LogP contribution in [0.25, 0.3) is 11.0 Å². The van der Waals surface area contributed by atoms with Gasteiger partial charge in [-0.15, -0.1) is 0 Å². The summed E-state index contributed by atoms with van der Waals surface area (Å²) < 4.78 is 2.00. The Morgan fingerprint density at radius 3 is 2.43 bits per heavy atom.